The number of anilines is 2. The third-order valence-corrected chi connectivity index (χ3v) is 3.32. The first-order valence-corrected chi connectivity index (χ1v) is 5.50. The van der Waals surface area contributed by atoms with Crippen LogP contribution in [0.25, 0.3) is 0 Å². The summed E-state index contributed by atoms with van der Waals surface area (Å²) in [5.41, 5.74) is 1.94. The molecule has 2 heterocycles. The Morgan fingerprint density at radius 3 is 3.20 bits per heavy atom. The molecule has 0 radical (unpaired) electrons. The molecule has 1 aromatic rings. The van der Waals surface area contributed by atoms with Crippen LogP contribution in [0.5, 0.6) is 0 Å². The van der Waals surface area contributed by atoms with Gasteiger partial charge < -0.3 is 10.2 Å². The Balaban J connectivity index is 2.11. The van der Waals surface area contributed by atoms with Gasteiger partial charge in [0.2, 0.25) is 5.91 Å². The number of nitrogens with zero attached hydrogens (tertiary/aromatic N) is 1. The van der Waals surface area contributed by atoms with Crippen molar-refractivity contribution in [3.05, 3.63) is 23.2 Å². The molecule has 1 saturated heterocycles. The Morgan fingerprint density at radius 2 is 2.33 bits per heavy atom. The van der Waals surface area contributed by atoms with Crippen LogP contribution in [-0.2, 0) is 4.79 Å². The minimum Gasteiger partial charge on any atom is -0.358 e. The Labute approximate surface area is 93.0 Å². The molecule has 78 valence electrons. The molecule has 1 amide bonds. The molecule has 1 atom stereocenters. The number of carbonyl (C=O) groups is 1. The van der Waals surface area contributed by atoms with Crippen LogP contribution in [0.2, 0.25) is 5.02 Å². The molecule has 1 aromatic carbocycles. The first-order valence-electron chi connectivity index (χ1n) is 5.13. The SMILES string of the molecule is O=C1Nc2cc(Cl)ccc2N2CCC[C@@H]12. The van der Waals surface area contributed by atoms with E-state index in [1.54, 1.807) is 0 Å². The fourth-order valence-electron chi connectivity index (χ4n) is 2.40. The number of hydrogen-bond donors (Lipinski definition) is 1. The second kappa shape index (κ2) is 3.14. The molecule has 1 N–H and O–H groups in total. The highest BCUT2D eigenvalue weighted by Crippen LogP contribution is 2.37. The molecule has 1 fully saturated rings. The number of carbonyl (C=O) groups excluding carboxylic acids is 1. The largest absolute Gasteiger partial charge is 0.358 e. The number of halogens is 1. The van der Waals surface area contributed by atoms with E-state index < -0.39 is 0 Å². The van der Waals surface area contributed by atoms with Gasteiger partial charge in [0.25, 0.3) is 0 Å². The van der Waals surface area contributed by atoms with Crippen molar-refractivity contribution in [2.24, 2.45) is 0 Å². The van der Waals surface area contributed by atoms with E-state index >= 15 is 0 Å². The fraction of sp³-hybridized carbons (Fsp3) is 0.364. The molecule has 3 nitrogen and oxygen atoms in total. The van der Waals surface area contributed by atoms with Crippen LogP contribution >= 0.6 is 11.6 Å². The summed E-state index contributed by atoms with van der Waals surface area (Å²) >= 11 is 5.90. The minimum atomic E-state index is 0.0266. The van der Waals surface area contributed by atoms with Gasteiger partial charge in [-0.25, -0.2) is 0 Å². The lowest BCUT2D eigenvalue weighted by atomic mass is 10.1. The molecule has 0 aliphatic carbocycles. The van der Waals surface area contributed by atoms with E-state index in [0.29, 0.717) is 5.02 Å². The summed E-state index contributed by atoms with van der Waals surface area (Å²) in [5, 5.41) is 3.57. The average molecular weight is 223 g/mol. The van der Waals surface area contributed by atoms with Crippen LogP contribution in [0.4, 0.5) is 11.4 Å². The first kappa shape index (κ1) is 9.04. The van der Waals surface area contributed by atoms with Crippen molar-refractivity contribution < 1.29 is 4.79 Å². The Kier molecular flexibility index (Phi) is 1.89. The van der Waals surface area contributed by atoms with E-state index in [1.807, 2.05) is 18.2 Å². The quantitative estimate of drug-likeness (QED) is 0.730. The van der Waals surface area contributed by atoms with E-state index in [1.165, 1.54) is 0 Å². The van der Waals surface area contributed by atoms with Crippen molar-refractivity contribution in [2.45, 2.75) is 18.9 Å². The summed E-state index contributed by atoms with van der Waals surface area (Å²) in [4.78, 5) is 13.9. The van der Waals surface area contributed by atoms with E-state index in [0.717, 1.165) is 30.8 Å². The lowest BCUT2D eigenvalue weighted by Gasteiger charge is -2.32. The van der Waals surface area contributed by atoms with Crippen LogP contribution < -0.4 is 10.2 Å². The fourth-order valence-corrected chi connectivity index (χ4v) is 2.57. The lowest BCUT2D eigenvalue weighted by Crippen LogP contribution is -2.43. The first-order chi connectivity index (χ1) is 7.25. The average Bonchev–Trinajstić information content (AvgIpc) is 2.66. The smallest absolute Gasteiger partial charge is 0.247 e. The topological polar surface area (TPSA) is 32.3 Å². The molecule has 15 heavy (non-hydrogen) atoms. The highest BCUT2D eigenvalue weighted by molar-refractivity contribution is 6.31. The highest BCUT2D eigenvalue weighted by atomic mass is 35.5. The van der Waals surface area contributed by atoms with Crippen molar-refractivity contribution in [1.29, 1.82) is 0 Å². The number of hydrogen-bond acceptors (Lipinski definition) is 2. The van der Waals surface area contributed by atoms with Gasteiger partial charge in [-0.2, -0.15) is 0 Å². The van der Waals surface area contributed by atoms with Gasteiger partial charge in [0, 0.05) is 11.6 Å². The van der Waals surface area contributed by atoms with E-state index in [9.17, 15) is 4.79 Å². The summed E-state index contributed by atoms with van der Waals surface area (Å²) in [6.45, 7) is 0.965. The number of fused-ring (bicyclic) bond motifs is 3. The summed E-state index contributed by atoms with van der Waals surface area (Å²) in [7, 11) is 0. The zero-order chi connectivity index (χ0) is 10.4. The Hall–Kier alpha value is -1.22. The second-order valence-electron chi connectivity index (χ2n) is 4.00. The molecule has 3 rings (SSSR count). The molecule has 0 bridgehead atoms. The van der Waals surface area contributed by atoms with Gasteiger partial charge in [-0.15, -0.1) is 0 Å². The van der Waals surface area contributed by atoms with Crippen LogP contribution in [0.15, 0.2) is 18.2 Å². The van der Waals surface area contributed by atoms with Crippen molar-refractivity contribution in [1.82, 2.24) is 0 Å². The van der Waals surface area contributed by atoms with E-state index in [-0.39, 0.29) is 11.9 Å². The highest BCUT2D eigenvalue weighted by Gasteiger charge is 2.35. The van der Waals surface area contributed by atoms with Crippen molar-refractivity contribution in [3.63, 3.8) is 0 Å². The van der Waals surface area contributed by atoms with Gasteiger partial charge in [0.1, 0.15) is 6.04 Å². The van der Waals surface area contributed by atoms with E-state index in [2.05, 4.69) is 10.2 Å². The van der Waals surface area contributed by atoms with Crippen LogP contribution in [0.3, 0.4) is 0 Å². The normalized spacial score (nSPS) is 23.4. The van der Waals surface area contributed by atoms with Gasteiger partial charge in [-0.3, -0.25) is 4.79 Å². The summed E-state index contributed by atoms with van der Waals surface area (Å²) in [5.74, 6) is 0.0993. The number of nitrogens with one attached hydrogen (secondary N) is 1. The molecular formula is C11H11ClN2O. The molecule has 0 saturated carbocycles. The predicted molar refractivity (Wildman–Crippen MR) is 60.4 cm³/mol. The monoisotopic (exact) mass is 222 g/mol. The van der Waals surface area contributed by atoms with Gasteiger partial charge >= 0.3 is 0 Å². The molecule has 4 heteroatoms. The molecule has 0 unspecified atom stereocenters. The number of amides is 1. The summed E-state index contributed by atoms with van der Waals surface area (Å²) in [6.07, 6.45) is 2.04. The summed E-state index contributed by atoms with van der Waals surface area (Å²) in [6, 6.07) is 5.69. The third-order valence-electron chi connectivity index (χ3n) is 3.08. The zero-order valence-electron chi connectivity index (χ0n) is 8.16. The maximum absolute atomic E-state index is 11.8. The van der Waals surface area contributed by atoms with Crippen LogP contribution in [0.1, 0.15) is 12.8 Å². The zero-order valence-corrected chi connectivity index (χ0v) is 8.92. The summed E-state index contributed by atoms with van der Waals surface area (Å²) < 4.78 is 0. The number of rotatable bonds is 0. The third kappa shape index (κ3) is 1.30. The maximum atomic E-state index is 11.8. The predicted octanol–water partition coefficient (Wildman–Crippen LogP) is 2.26. The van der Waals surface area contributed by atoms with E-state index in [4.69, 9.17) is 11.6 Å². The van der Waals surface area contributed by atoms with Crippen molar-refractivity contribution in [2.75, 3.05) is 16.8 Å². The Morgan fingerprint density at radius 1 is 1.47 bits per heavy atom. The Bertz CT molecular complexity index is 433. The molecule has 2 aliphatic rings. The van der Waals surface area contributed by atoms with Gasteiger partial charge in [-0.05, 0) is 31.0 Å². The van der Waals surface area contributed by atoms with Crippen LogP contribution in [-0.4, -0.2) is 18.5 Å². The van der Waals surface area contributed by atoms with Gasteiger partial charge in [0.05, 0.1) is 11.4 Å². The van der Waals surface area contributed by atoms with Gasteiger partial charge in [0.15, 0.2) is 0 Å². The second-order valence-corrected chi connectivity index (χ2v) is 4.44. The molecule has 0 spiro atoms. The molecule has 2 aliphatic heterocycles. The molecule has 0 aromatic heterocycles. The van der Waals surface area contributed by atoms with Gasteiger partial charge in [-0.1, -0.05) is 11.6 Å². The van der Waals surface area contributed by atoms with Crippen molar-refractivity contribution >= 4 is 28.9 Å². The standard InChI is InChI=1S/C11H11ClN2O/c12-7-3-4-9-8(6-7)13-11(15)10-2-1-5-14(9)10/h3-4,6,10H,1-2,5H2,(H,13,15)/t10-/m0/s1. The number of benzene rings is 1. The molecular weight excluding hydrogens is 212 g/mol. The minimum absolute atomic E-state index is 0.0266. The lowest BCUT2D eigenvalue weighted by molar-refractivity contribution is -0.117. The van der Waals surface area contributed by atoms with Crippen LogP contribution in [0, 0.1) is 0 Å². The van der Waals surface area contributed by atoms with Crippen molar-refractivity contribution in [3.8, 4) is 0 Å². The maximum Gasteiger partial charge on any atom is 0.247 e.